The molecule has 0 bridgehead atoms. The van der Waals surface area contributed by atoms with Crippen molar-refractivity contribution in [2.75, 3.05) is 48.9 Å². The molecule has 2 N–H and O–H groups in total. The molecule has 6 nitrogen and oxygen atoms in total. The number of rotatable bonds is 2. The first kappa shape index (κ1) is 17.4. The van der Waals surface area contributed by atoms with E-state index in [0.717, 1.165) is 54.6 Å². The summed E-state index contributed by atoms with van der Waals surface area (Å²) in [5, 5.41) is 0.790. The van der Waals surface area contributed by atoms with Crippen molar-refractivity contribution in [2.45, 2.75) is 25.8 Å². The Hall–Kier alpha value is -2.05. The summed E-state index contributed by atoms with van der Waals surface area (Å²) in [6, 6.07) is 6.30. The average molecular weight is 374 g/mol. The van der Waals surface area contributed by atoms with Gasteiger partial charge in [0.2, 0.25) is 5.95 Å². The van der Waals surface area contributed by atoms with E-state index in [-0.39, 0.29) is 6.04 Å². The number of hydrogen-bond donors (Lipinski definition) is 1. The van der Waals surface area contributed by atoms with Crippen LogP contribution >= 0.6 is 11.6 Å². The van der Waals surface area contributed by atoms with Crippen LogP contribution in [0.15, 0.2) is 18.2 Å². The molecule has 1 aromatic carbocycles. The lowest BCUT2D eigenvalue weighted by atomic mass is 10.0. The van der Waals surface area contributed by atoms with Crippen LogP contribution in [0.25, 0.3) is 0 Å². The summed E-state index contributed by atoms with van der Waals surface area (Å²) in [6.07, 6.45) is 1.97. The molecular weight excluding hydrogens is 350 g/mol. The third kappa shape index (κ3) is 3.19. The van der Waals surface area contributed by atoms with Crippen molar-refractivity contribution >= 4 is 29.1 Å². The zero-order valence-corrected chi connectivity index (χ0v) is 16.0. The molecule has 138 valence electrons. The zero-order valence-electron chi connectivity index (χ0n) is 15.2. The molecule has 0 saturated carbocycles. The van der Waals surface area contributed by atoms with Gasteiger partial charge in [0, 0.05) is 49.2 Å². The zero-order chi connectivity index (χ0) is 18.3. The molecule has 1 saturated heterocycles. The Morgan fingerprint density at radius 2 is 2.08 bits per heavy atom. The van der Waals surface area contributed by atoms with E-state index in [1.54, 1.807) is 0 Å². The Balaban J connectivity index is 1.78. The number of aromatic nitrogens is 2. The lowest BCUT2D eigenvalue weighted by Crippen LogP contribution is -2.32. The normalized spacial score (nSPS) is 20.2. The fourth-order valence-corrected chi connectivity index (χ4v) is 4.18. The van der Waals surface area contributed by atoms with Crippen LogP contribution in [0.5, 0.6) is 0 Å². The van der Waals surface area contributed by atoms with Crippen molar-refractivity contribution in [1.82, 2.24) is 9.97 Å². The molecule has 1 atom stereocenters. The van der Waals surface area contributed by atoms with E-state index < -0.39 is 0 Å². The highest BCUT2D eigenvalue weighted by Gasteiger charge is 2.29. The molecule has 2 aliphatic heterocycles. The number of hydrogen-bond acceptors (Lipinski definition) is 6. The molecule has 0 aliphatic carbocycles. The van der Waals surface area contributed by atoms with Crippen LogP contribution in [0, 0.1) is 6.92 Å². The number of aryl methyl sites for hydroxylation is 1. The first-order valence-electron chi connectivity index (χ1n) is 9.02. The first-order valence-corrected chi connectivity index (χ1v) is 9.40. The maximum atomic E-state index is 6.70. The van der Waals surface area contributed by atoms with E-state index >= 15 is 0 Å². The van der Waals surface area contributed by atoms with Crippen LogP contribution in [0.1, 0.15) is 29.3 Å². The lowest BCUT2D eigenvalue weighted by molar-refractivity contribution is 0.134. The van der Waals surface area contributed by atoms with Crippen molar-refractivity contribution in [3.8, 4) is 0 Å². The number of ether oxygens (including phenoxy) is 1. The third-order valence-corrected chi connectivity index (χ3v) is 5.50. The van der Waals surface area contributed by atoms with Gasteiger partial charge in [0.25, 0.3) is 0 Å². The summed E-state index contributed by atoms with van der Waals surface area (Å²) < 4.78 is 5.89. The molecule has 3 heterocycles. The summed E-state index contributed by atoms with van der Waals surface area (Å²) in [7, 11) is 2.12. The van der Waals surface area contributed by atoms with Gasteiger partial charge in [-0.3, -0.25) is 0 Å². The summed E-state index contributed by atoms with van der Waals surface area (Å²) in [4.78, 5) is 13.2. The van der Waals surface area contributed by atoms with Gasteiger partial charge >= 0.3 is 0 Å². The number of nitrogen functional groups attached to an aromatic ring is 1. The Morgan fingerprint density at radius 3 is 2.88 bits per heavy atom. The Kier molecular flexibility index (Phi) is 4.63. The van der Waals surface area contributed by atoms with Crippen LogP contribution in [0.3, 0.4) is 0 Å². The average Bonchev–Trinajstić information content (AvgIpc) is 2.81. The minimum atomic E-state index is -0.00185. The number of anilines is 3. The molecule has 26 heavy (non-hydrogen) atoms. The van der Waals surface area contributed by atoms with Gasteiger partial charge in [0.05, 0.1) is 12.6 Å². The topological polar surface area (TPSA) is 67.5 Å². The van der Waals surface area contributed by atoms with Crippen LogP contribution in [0.4, 0.5) is 17.5 Å². The molecule has 1 fully saturated rings. The van der Waals surface area contributed by atoms with Crippen molar-refractivity contribution in [3.05, 3.63) is 40.0 Å². The maximum absolute atomic E-state index is 6.70. The van der Waals surface area contributed by atoms with E-state index in [1.807, 2.05) is 13.0 Å². The largest absolute Gasteiger partial charge is 0.379 e. The van der Waals surface area contributed by atoms with E-state index in [1.165, 1.54) is 11.3 Å². The standard InChI is InChI=1S/C19H24ClN5O/c1-12-8-18(23-19(21)22-12)25-5-3-7-26-11-17(25)14-10-16-13(9-15(14)20)4-6-24(16)2/h8-10,17H,3-7,11H2,1-2H3,(H2,21,22,23)/t17-/m1/s1. The van der Waals surface area contributed by atoms with Crippen LogP contribution in [-0.4, -0.2) is 43.3 Å². The molecule has 7 heteroatoms. The number of benzene rings is 1. The van der Waals surface area contributed by atoms with Gasteiger partial charge in [-0.25, -0.2) is 4.98 Å². The summed E-state index contributed by atoms with van der Waals surface area (Å²) in [6.45, 7) is 5.10. The number of fused-ring (bicyclic) bond motifs is 1. The first-order chi connectivity index (χ1) is 12.5. The van der Waals surface area contributed by atoms with Gasteiger partial charge in [-0.2, -0.15) is 4.98 Å². The highest BCUT2D eigenvalue weighted by molar-refractivity contribution is 6.31. The van der Waals surface area contributed by atoms with Crippen LogP contribution < -0.4 is 15.5 Å². The molecule has 0 unspecified atom stereocenters. The van der Waals surface area contributed by atoms with Gasteiger partial charge in [-0.15, -0.1) is 0 Å². The molecule has 1 aromatic heterocycles. The van der Waals surface area contributed by atoms with Gasteiger partial charge in [0.1, 0.15) is 5.82 Å². The van der Waals surface area contributed by atoms with E-state index in [0.29, 0.717) is 12.6 Å². The van der Waals surface area contributed by atoms with E-state index in [2.05, 4.69) is 38.9 Å². The predicted molar refractivity (Wildman–Crippen MR) is 105 cm³/mol. The molecule has 0 radical (unpaired) electrons. The quantitative estimate of drug-likeness (QED) is 0.872. The lowest BCUT2D eigenvalue weighted by Gasteiger charge is -2.32. The van der Waals surface area contributed by atoms with Gasteiger partial charge < -0.3 is 20.3 Å². The predicted octanol–water partition coefficient (Wildman–Crippen LogP) is 2.98. The van der Waals surface area contributed by atoms with Crippen LogP contribution in [-0.2, 0) is 11.2 Å². The molecule has 2 aromatic rings. The smallest absolute Gasteiger partial charge is 0.222 e. The summed E-state index contributed by atoms with van der Waals surface area (Å²) in [5.74, 6) is 1.12. The summed E-state index contributed by atoms with van der Waals surface area (Å²) >= 11 is 6.70. The highest BCUT2D eigenvalue weighted by Crippen LogP contribution is 2.38. The van der Waals surface area contributed by atoms with Gasteiger partial charge in [-0.05, 0) is 43.0 Å². The monoisotopic (exact) mass is 373 g/mol. The van der Waals surface area contributed by atoms with Crippen molar-refractivity contribution in [3.63, 3.8) is 0 Å². The second-order valence-corrected chi connectivity index (χ2v) is 7.44. The van der Waals surface area contributed by atoms with Crippen molar-refractivity contribution < 1.29 is 4.74 Å². The van der Waals surface area contributed by atoms with Gasteiger partial charge in [-0.1, -0.05) is 11.6 Å². The second-order valence-electron chi connectivity index (χ2n) is 7.04. The molecule has 4 rings (SSSR count). The SMILES string of the molecule is Cc1cc(N2CCCOC[C@@H]2c2cc3c(cc2Cl)CCN3C)nc(N)n1. The fourth-order valence-electron chi connectivity index (χ4n) is 3.87. The number of likely N-dealkylation sites (N-methyl/N-ethyl adjacent to an activating group) is 1. The van der Waals surface area contributed by atoms with Crippen LogP contribution in [0.2, 0.25) is 5.02 Å². The van der Waals surface area contributed by atoms with E-state index in [4.69, 9.17) is 22.1 Å². The number of halogens is 1. The summed E-state index contributed by atoms with van der Waals surface area (Å²) in [5.41, 5.74) is 10.4. The fraction of sp³-hybridized carbons (Fsp3) is 0.474. The molecule has 0 amide bonds. The molecular formula is C19H24ClN5O. The third-order valence-electron chi connectivity index (χ3n) is 5.18. The van der Waals surface area contributed by atoms with Gasteiger partial charge in [0.15, 0.2) is 0 Å². The maximum Gasteiger partial charge on any atom is 0.222 e. The molecule has 2 aliphatic rings. The van der Waals surface area contributed by atoms with E-state index in [9.17, 15) is 0 Å². The highest BCUT2D eigenvalue weighted by atomic mass is 35.5. The number of nitrogens with two attached hydrogens (primary N) is 1. The van der Waals surface area contributed by atoms with Crippen molar-refractivity contribution in [2.24, 2.45) is 0 Å². The second kappa shape index (κ2) is 6.93. The molecule has 0 spiro atoms. The van der Waals surface area contributed by atoms with Crippen molar-refractivity contribution in [1.29, 1.82) is 0 Å². The minimum absolute atomic E-state index is 0.00185. The Labute approximate surface area is 158 Å². The number of nitrogens with zero attached hydrogens (tertiary/aromatic N) is 4. The minimum Gasteiger partial charge on any atom is -0.379 e. The Morgan fingerprint density at radius 1 is 1.23 bits per heavy atom. The Bertz CT molecular complexity index is 808.